The molecule has 0 fully saturated rings. The van der Waals surface area contributed by atoms with Crippen LogP contribution in [0, 0.1) is 0 Å². The zero-order valence-electron chi connectivity index (χ0n) is 17.7. The van der Waals surface area contributed by atoms with Gasteiger partial charge in [0.1, 0.15) is 24.4 Å². The molecule has 0 saturated heterocycles. The van der Waals surface area contributed by atoms with Crippen molar-refractivity contribution in [2.75, 3.05) is 18.9 Å². The summed E-state index contributed by atoms with van der Waals surface area (Å²) >= 11 is 0. The quantitative estimate of drug-likeness (QED) is 0.313. The van der Waals surface area contributed by atoms with E-state index in [1.54, 1.807) is 12.3 Å². The summed E-state index contributed by atoms with van der Waals surface area (Å²) in [4.78, 5) is 24.3. The molecule has 4 aromatic rings. The van der Waals surface area contributed by atoms with Crippen LogP contribution in [0.15, 0.2) is 30.5 Å². The first-order valence-corrected chi connectivity index (χ1v) is 10.3. The van der Waals surface area contributed by atoms with E-state index >= 15 is 0 Å². The number of H-pyrrole nitrogens is 1. The van der Waals surface area contributed by atoms with E-state index in [-0.39, 0.29) is 17.4 Å². The van der Waals surface area contributed by atoms with Gasteiger partial charge in [-0.3, -0.25) is 4.79 Å². The zero-order valence-corrected chi connectivity index (χ0v) is 17.7. The van der Waals surface area contributed by atoms with Crippen LogP contribution in [-0.2, 0) is 19.6 Å². The molecular weight excluding hydrogens is 396 g/mol. The number of rotatable bonds is 8. The number of anilines is 1. The third-order valence-corrected chi connectivity index (χ3v) is 5.20. The summed E-state index contributed by atoms with van der Waals surface area (Å²) in [5.41, 5.74) is 14.9. The van der Waals surface area contributed by atoms with Crippen LogP contribution in [0.1, 0.15) is 30.2 Å². The first-order valence-electron chi connectivity index (χ1n) is 10.3. The average molecular weight is 424 g/mol. The van der Waals surface area contributed by atoms with Gasteiger partial charge in [-0.25, -0.2) is 19.1 Å². The van der Waals surface area contributed by atoms with Crippen molar-refractivity contribution in [2.24, 2.45) is 5.73 Å². The smallest absolute Gasteiger partial charge is 0.277 e. The second-order valence-electron chi connectivity index (χ2n) is 7.04. The number of aromatic nitrogens is 5. The minimum Gasteiger partial charge on any atom is -0.492 e. The third-order valence-electron chi connectivity index (χ3n) is 5.20. The molecule has 0 aliphatic heterocycles. The van der Waals surface area contributed by atoms with Crippen molar-refractivity contribution >= 4 is 33.9 Å². The Hall–Kier alpha value is -3.66. The van der Waals surface area contributed by atoms with E-state index in [1.807, 2.05) is 18.2 Å². The van der Waals surface area contributed by atoms with Crippen LogP contribution in [0.3, 0.4) is 0 Å². The topological polar surface area (TPSA) is 141 Å². The van der Waals surface area contributed by atoms with Gasteiger partial charge in [0, 0.05) is 18.8 Å². The van der Waals surface area contributed by atoms with Gasteiger partial charge in [-0.1, -0.05) is 0 Å². The molecule has 1 amide bonds. The molecule has 10 nitrogen and oxygen atoms in total. The number of aryl methyl sites for hydroxylation is 2. The lowest BCUT2D eigenvalue weighted by Crippen LogP contribution is -2.40. The number of nitrogen functional groups attached to an aromatic ring is 1. The largest absolute Gasteiger partial charge is 0.492 e. The number of ether oxygens (including phenoxy) is 1. The van der Waals surface area contributed by atoms with Crippen LogP contribution < -0.4 is 26.1 Å². The molecule has 0 atom stereocenters. The van der Waals surface area contributed by atoms with Gasteiger partial charge in [0.15, 0.2) is 28.2 Å². The number of imidazole rings is 1. The Balaban J connectivity index is 1.65. The molecule has 162 valence electrons. The molecule has 0 bridgehead atoms. The van der Waals surface area contributed by atoms with Crippen molar-refractivity contribution in [2.45, 2.75) is 33.5 Å². The SMILES string of the molecule is CCn1c(CNC(=O)c2nc3cc[nH]c3nc2N)[n+](CC)c2ccc(OCCN)cc21. The van der Waals surface area contributed by atoms with Crippen molar-refractivity contribution in [1.82, 2.24) is 24.8 Å². The second-order valence-corrected chi connectivity index (χ2v) is 7.04. The third kappa shape index (κ3) is 3.77. The Kier molecular flexibility index (Phi) is 5.72. The molecule has 0 aliphatic carbocycles. The number of carbonyl (C=O) groups excluding carboxylic acids is 1. The highest BCUT2D eigenvalue weighted by atomic mass is 16.5. The average Bonchev–Trinajstić information content (AvgIpc) is 3.35. The first-order chi connectivity index (χ1) is 15.1. The minimum absolute atomic E-state index is 0.0912. The number of hydrogen-bond donors (Lipinski definition) is 4. The van der Waals surface area contributed by atoms with Crippen LogP contribution in [0.25, 0.3) is 22.2 Å². The molecule has 3 heterocycles. The number of hydrogen-bond acceptors (Lipinski definition) is 6. The van der Waals surface area contributed by atoms with Gasteiger partial charge in [-0.15, -0.1) is 0 Å². The van der Waals surface area contributed by atoms with Gasteiger partial charge in [0.2, 0.25) is 0 Å². The van der Waals surface area contributed by atoms with Gasteiger partial charge in [0.25, 0.3) is 11.7 Å². The fraction of sp³-hybridized carbons (Fsp3) is 0.333. The highest BCUT2D eigenvalue weighted by Gasteiger charge is 2.25. The van der Waals surface area contributed by atoms with E-state index in [0.29, 0.717) is 30.9 Å². The Morgan fingerprint density at radius 2 is 2.13 bits per heavy atom. The van der Waals surface area contributed by atoms with Crippen LogP contribution in [-0.4, -0.2) is 38.6 Å². The zero-order chi connectivity index (χ0) is 22.0. The number of nitrogens with one attached hydrogen (secondary N) is 2. The number of amides is 1. The van der Waals surface area contributed by atoms with E-state index in [4.69, 9.17) is 16.2 Å². The van der Waals surface area contributed by atoms with Gasteiger partial charge in [-0.05, 0) is 32.0 Å². The number of nitrogens with zero attached hydrogens (tertiary/aromatic N) is 4. The standard InChI is InChI=1S/C21H26N8O2/c1-3-28-15-6-5-13(31-10-8-22)11-16(15)29(4-2)17(28)12-25-21(30)18-19(23)27-20-14(26-18)7-9-24-20/h5-7,9,11H,3-4,8,10,12,22H2,1-2H3,(H3-,23,24,25,26,27,30)/p+1. The summed E-state index contributed by atoms with van der Waals surface area (Å²) in [6.07, 6.45) is 1.71. The highest BCUT2D eigenvalue weighted by molar-refractivity contribution is 5.98. The van der Waals surface area contributed by atoms with Crippen molar-refractivity contribution in [1.29, 1.82) is 0 Å². The predicted molar refractivity (Wildman–Crippen MR) is 118 cm³/mol. The maximum Gasteiger partial charge on any atom is 0.277 e. The van der Waals surface area contributed by atoms with E-state index < -0.39 is 0 Å². The molecule has 4 rings (SSSR count). The van der Waals surface area contributed by atoms with Crippen LogP contribution in [0.2, 0.25) is 0 Å². The molecule has 31 heavy (non-hydrogen) atoms. The normalized spacial score (nSPS) is 11.3. The molecule has 0 aliphatic rings. The Morgan fingerprint density at radius 3 is 2.87 bits per heavy atom. The maximum atomic E-state index is 12.8. The Labute approximate surface area is 179 Å². The van der Waals surface area contributed by atoms with E-state index in [0.717, 1.165) is 35.7 Å². The van der Waals surface area contributed by atoms with Gasteiger partial charge < -0.3 is 26.5 Å². The Morgan fingerprint density at radius 1 is 1.29 bits per heavy atom. The van der Waals surface area contributed by atoms with Crippen molar-refractivity contribution in [3.05, 3.63) is 42.0 Å². The van der Waals surface area contributed by atoms with Crippen LogP contribution in [0.5, 0.6) is 5.75 Å². The summed E-state index contributed by atoms with van der Waals surface area (Å²) in [6, 6.07) is 7.73. The van der Waals surface area contributed by atoms with Crippen molar-refractivity contribution in [3.8, 4) is 5.75 Å². The minimum atomic E-state index is -0.365. The lowest BCUT2D eigenvalue weighted by Gasteiger charge is -2.07. The van der Waals surface area contributed by atoms with Gasteiger partial charge >= 0.3 is 0 Å². The molecule has 0 saturated carbocycles. The lowest BCUT2D eigenvalue weighted by molar-refractivity contribution is -0.676. The Bertz CT molecular complexity index is 1240. The molecule has 0 unspecified atom stereocenters. The first kappa shape index (κ1) is 20.6. The van der Waals surface area contributed by atoms with Gasteiger partial charge in [-0.2, -0.15) is 0 Å². The number of aromatic amines is 1. The summed E-state index contributed by atoms with van der Waals surface area (Å²) in [5.74, 6) is 1.47. The molecule has 0 spiro atoms. The molecule has 1 aromatic carbocycles. The number of nitrogens with two attached hydrogens (primary N) is 2. The fourth-order valence-corrected chi connectivity index (χ4v) is 3.83. The molecule has 6 N–H and O–H groups in total. The lowest BCUT2D eigenvalue weighted by atomic mass is 10.3. The fourth-order valence-electron chi connectivity index (χ4n) is 3.83. The molecule has 3 aromatic heterocycles. The highest BCUT2D eigenvalue weighted by Crippen LogP contribution is 2.22. The van der Waals surface area contributed by atoms with E-state index in [9.17, 15) is 4.79 Å². The predicted octanol–water partition coefficient (Wildman–Crippen LogP) is 1.09. The number of benzene rings is 1. The molecular formula is C21H27N8O2+. The van der Waals surface area contributed by atoms with Crippen molar-refractivity contribution < 1.29 is 14.1 Å². The molecule has 10 heteroatoms. The maximum absolute atomic E-state index is 12.8. The summed E-state index contributed by atoms with van der Waals surface area (Å²) < 4.78 is 10.0. The second kappa shape index (κ2) is 8.60. The summed E-state index contributed by atoms with van der Waals surface area (Å²) in [6.45, 7) is 6.89. The number of carbonyl (C=O) groups is 1. The molecule has 0 radical (unpaired) electrons. The van der Waals surface area contributed by atoms with Crippen molar-refractivity contribution in [3.63, 3.8) is 0 Å². The summed E-state index contributed by atoms with van der Waals surface area (Å²) in [7, 11) is 0. The van der Waals surface area contributed by atoms with Crippen LogP contribution in [0.4, 0.5) is 5.82 Å². The van der Waals surface area contributed by atoms with E-state index in [2.05, 4.69) is 43.3 Å². The van der Waals surface area contributed by atoms with Crippen LogP contribution >= 0.6 is 0 Å². The summed E-state index contributed by atoms with van der Waals surface area (Å²) in [5, 5.41) is 2.95. The van der Waals surface area contributed by atoms with Gasteiger partial charge in [0.05, 0.1) is 13.1 Å². The van der Waals surface area contributed by atoms with E-state index in [1.165, 1.54) is 0 Å². The number of fused-ring (bicyclic) bond motifs is 2. The monoisotopic (exact) mass is 423 g/mol.